The number of hydrogen-bond acceptors (Lipinski definition) is 5. The SMILES string of the molecule is Oc1ccc(-c2nnc(Nc3ccc(C(F)(F)F)cc3)o2)cc1. The Kier molecular flexibility index (Phi) is 3.65. The van der Waals surface area contributed by atoms with Crippen LogP contribution in [0.1, 0.15) is 5.56 Å². The van der Waals surface area contributed by atoms with Crippen LogP contribution >= 0.6 is 0 Å². The van der Waals surface area contributed by atoms with E-state index in [0.29, 0.717) is 11.3 Å². The second kappa shape index (κ2) is 5.64. The Morgan fingerprint density at radius 2 is 1.57 bits per heavy atom. The Morgan fingerprint density at radius 1 is 0.913 bits per heavy atom. The van der Waals surface area contributed by atoms with Gasteiger partial charge in [-0.2, -0.15) is 13.2 Å². The summed E-state index contributed by atoms with van der Waals surface area (Å²) in [6.45, 7) is 0. The molecule has 2 N–H and O–H groups in total. The van der Waals surface area contributed by atoms with Gasteiger partial charge in [0.05, 0.1) is 5.56 Å². The molecule has 0 bridgehead atoms. The topological polar surface area (TPSA) is 71.2 Å². The molecule has 3 aromatic rings. The number of halogens is 3. The zero-order valence-electron chi connectivity index (χ0n) is 11.5. The van der Waals surface area contributed by atoms with Gasteiger partial charge in [0.15, 0.2) is 0 Å². The monoisotopic (exact) mass is 321 g/mol. The zero-order valence-corrected chi connectivity index (χ0v) is 11.5. The highest BCUT2D eigenvalue weighted by atomic mass is 19.4. The molecule has 0 radical (unpaired) electrons. The molecule has 0 saturated heterocycles. The molecule has 5 nitrogen and oxygen atoms in total. The smallest absolute Gasteiger partial charge is 0.416 e. The summed E-state index contributed by atoms with van der Waals surface area (Å²) in [7, 11) is 0. The first-order valence-corrected chi connectivity index (χ1v) is 6.49. The van der Waals surface area contributed by atoms with Gasteiger partial charge < -0.3 is 14.8 Å². The van der Waals surface area contributed by atoms with Crippen molar-refractivity contribution < 1.29 is 22.7 Å². The van der Waals surface area contributed by atoms with Crippen LogP contribution in [0.4, 0.5) is 24.9 Å². The molecule has 118 valence electrons. The van der Waals surface area contributed by atoms with Crippen molar-refractivity contribution in [2.75, 3.05) is 5.32 Å². The van der Waals surface area contributed by atoms with Crippen LogP contribution in [0.25, 0.3) is 11.5 Å². The van der Waals surface area contributed by atoms with Gasteiger partial charge in [-0.05, 0) is 48.5 Å². The standard InChI is InChI=1S/C15H10F3N3O2/c16-15(17,18)10-3-5-11(6-4-10)19-14-21-20-13(23-14)9-1-7-12(22)8-2-9/h1-8,22H,(H,19,21). The van der Waals surface area contributed by atoms with E-state index in [1.807, 2.05) is 0 Å². The summed E-state index contributed by atoms with van der Waals surface area (Å²) in [4.78, 5) is 0. The average molecular weight is 321 g/mol. The van der Waals surface area contributed by atoms with Crippen LogP contribution < -0.4 is 5.32 Å². The van der Waals surface area contributed by atoms with E-state index in [0.717, 1.165) is 12.1 Å². The predicted molar refractivity (Wildman–Crippen MR) is 76.1 cm³/mol. The molecule has 8 heteroatoms. The van der Waals surface area contributed by atoms with Crippen LogP contribution in [0.2, 0.25) is 0 Å². The lowest BCUT2D eigenvalue weighted by atomic mass is 10.2. The Hall–Kier alpha value is -3.03. The van der Waals surface area contributed by atoms with Crippen LogP contribution in [-0.4, -0.2) is 15.3 Å². The number of aromatic hydroxyl groups is 1. The number of aromatic nitrogens is 2. The minimum Gasteiger partial charge on any atom is -0.508 e. The molecular formula is C15H10F3N3O2. The molecule has 0 unspecified atom stereocenters. The van der Waals surface area contributed by atoms with Gasteiger partial charge in [-0.15, -0.1) is 5.10 Å². The van der Waals surface area contributed by atoms with Gasteiger partial charge in [-0.1, -0.05) is 5.10 Å². The summed E-state index contributed by atoms with van der Waals surface area (Å²) in [6.07, 6.45) is -4.38. The van der Waals surface area contributed by atoms with Crippen molar-refractivity contribution in [3.63, 3.8) is 0 Å². The van der Waals surface area contributed by atoms with E-state index in [-0.39, 0.29) is 17.7 Å². The fraction of sp³-hybridized carbons (Fsp3) is 0.0667. The third kappa shape index (κ3) is 3.42. The molecule has 0 atom stereocenters. The Bertz CT molecular complexity index is 796. The van der Waals surface area contributed by atoms with E-state index < -0.39 is 11.7 Å². The number of phenols is 1. The van der Waals surface area contributed by atoms with Crippen molar-refractivity contribution in [1.29, 1.82) is 0 Å². The Labute approximate surface area is 128 Å². The number of nitrogens with one attached hydrogen (secondary N) is 1. The lowest BCUT2D eigenvalue weighted by Gasteiger charge is -2.07. The number of rotatable bonds is 3. The molecule has 0 aliphatic carbocycles. The molecule has 0 amide bonds. The van der Waals surface area contributed by atoms with Crippen LogP contribution in [-0.2, 0) is 6.18 Å². The fourth-order valence-electron chi connectivity index (χ4n) is 1.86. The van der Waals surface area contributed by atoms with E-state index in [1.54, 1.807) is 12.1 Å². The minimum atomic E-state index is -4.38. The van der Waals surface area contributed by atoms with Crippen molar-refractivity contribution in [1.82, 2.24) is 10.2 Å². The third-order valence-corrected chi connectivity index (χ3v) is 3.00. The quantitative estimate of drug-likeness (QED) is 0.756. The molecule has 2 aromatic carbocycles. The molecular weight excluding hydrogens is 311 g/mol. The average Bonchev–Trinajstić information content (AvgIpc) is 2.96. The van der Waals surface area contributed by atoms with E-state index in [4.69, 9.17) is 4.42 Å². The van der Waals surface area contributed by atoms with Gasteiger partial charge in [0.1, 0.15) is 5.75 Å². The second-order valence-corrected chi connectivity index (χ2v) is 4.66. The second-order valence-electron chi connectivity index (χ2n) is 4.66. The Morgan fingerprint density at radius 3 is 2.17 bits per heavy atom. The first kappa shape index (κ1) is 14.9. The van der Waals surface area contributed by atoms with Crippen LogP contribution in [0.15, 0.2) is 52.9 Å². The van der Waals surface area contributed by atoms with Crippen molar-refractivity contribution in [2.24, 2.45) is 0 Å². The number of alkyl halides is 3. The highest BCUT2D eigenvalue weighted by Crippen LogP contribution is 2.30. The minimum absolute atomic E-state index is 0.0489. The van der Waals surface area contributed by atoms with Gasteiger partial charge in [-0.3, -0.25) is 0 Å². The maximum absolute atomic E-state index is 12.5. The maximum atomic E-state index is 12.5. The summed E-state index contributed by atoms with van der Waals surface area (Å²) in [6, 6.07) is 10.7. The highest BCUT2D eigenvalue weighted by Gasteiger charge is 2.29. The molecule has 0 spiro atoms. The summed E-state index contributed by atoms with van der Waals surface area (Å²) in [5, 5.41) is 19.5. The summed E-state index contributed by atoms with van der Waals surface area (Å²) < 4.78 is 42.8. The van der Waals surface area contributed by atoms with Crippen LogP contribution in [0, 0.1) is 0 Å². The Balaban J connectivity index is 1.75. The first-order valence-electron chi connectivity index (χ1n) is 6.49. The normalized spacial score (nSPS) is 11.4. The van der Waals surface area contributed by atoms with Crippen LogP contribution in [0.5, 0.6) is 5.75 Å². The summed E-state index contributed by atoms with van der Waals surface area (Å²) in [5.41, 5.74) is 0.257. The van der Waals surface area contributed by atoms with Gasteiger partial charge in [0, 0.05) is 11.3 Å². The fourth-order valence-corrected chi connectivity index (χ4v) is 1.86. The number of hydrogen-bond donors (Lipinski definition) is 2. The highest BCUT2D eigenvalue weighted by molar-refractivity contribution is 5.57. The van der Waals surface area contributed by atoms with E-state index in [2.05, 4.69) is 15.5 Å². The molecule has 0 saturated carbocycles. The van der Waals surface area contributed by atoms with Gasteiger partial charge in [0.25, 0.3) is 0 Å². The largest absolute Gasteiger partial charge is 0.508 e. The van der Waals surface area contributed by atoms with Gasteiger partial charge >= 0.3 is 12.2 Å². The van der Waals surface area contributed by atoms with E-state index in [9.17, 15) is 18.3 Å². The molecule has 0 aliphatic rings. The van der Waals surface area contributed by atoms with Gasteiger partial charge in [-0.25, -0.2) is 0 Å². The summed E-state index contributed by atoms with van der Waals surface area (Å²) >= 11 is 0. The first-order chi connectivity index (χ1) is 10.9. The number of anilines is 2. The lowest BCUT2D eigenvalue weighted by molar-refractivity contribution is -0.137. The van der Waals surface area contributed by atoms with Crippen molar-refractivity contribution in [3.8, 4) is 17.2 Å². The molecule has 23 heavy (non-hydrogen) atoms. The lowest BCUT2D eigenvalue weighted by Crippen LogP contribution is -2.04. The van der Waals surface area contributed by atoms with Crippen molar-refractivity contribution >= 4 is 11.7 Å². The van der Waals surface area contributed by atoms with E-state index in [1.165, 1.54) is 24.3 Å². The number of benzene rings is 2. The van der Waals surface area contributed by atoms with E-state index >= 15 is 0 Å². The molecule has 3 rings (SSSR count). The zero-order chi connectivity index (χ0) is 16.4. The molecule has 0 aliphatic heterocycles. The molecule has 1 heterocycles. The van der Waals surface area contributed by atoms with Gasteiger partial charge in [0.2, 0.25) is 5.89 Å². The predicted octanol–water partition coefficient (Wildman–Crippen LogP) is 4.20. The van der Waals surface area contributed by atoms with Crippen LogP contribution in [0.3, 0.4) is 0 Å². The molecule has 0 fully saturated rings. The molecule has 1 aromatic heterocycles. The third-order valence-electron chi connectivity index (χ3n) is 3.00. The maximum Gasteiger partial charge on any atom is 0.416 e. The summed E-state index contributed by atoms with van der Waals surface area (Å²) in [5.74, 6) is 0.329. The van der Waals surface area contributed by atoms with Crippen molar-refractivity contribution in [2.45, 2.75) is 6.18 Å². The number of phenolic OH excluding ortho intramolecular Hbond substituents is 1. The van der Waals surface area contributed by atoms with Crippen molar-refractivity contribution in [3.05, 3.63) is 54.1 Å². The number of nitrogens with zero attached hydrogens (tertiary/aromatic N) is 2.